The lowest BCUT2D eigenvalue weighted by molar-refractivity contribution is -0.137. The number of carboxylic acids is 1. The second-order valence-corrected chi connectivity index (χ2v) is 3.95. The molecular weight excluding hydrogens is 218 g/mol. The molecule has 0 aliphatic carbocycles. The number of nitrogens with two attached hydrogens (primary N) is 1. The standard InChI is InChI=1S/C6H13NO4S.ClH/c7-5(6(9)10)4-12(11)3-1-2-8;/h5,8H,1-4,7H2,(H,9,10);1H/t5-,12?;/m0./s1. The third-order valence-corrected chi connectivity index (χ3v) is 2.69. The fourth-order valence-electron chi connectivity index (χ4n) is 0.580. The summed E-state index contributed by atoms with van der Waals surface area (Å²) in [5.41, 5.74) is 5.13. The summed E-state index contributed by atoms with van der Waals surface area (Å²) in [6, 6.07) is -1.07. The summed E-state index contributed by atoms with van der Waals surface area (Å²) in [7, 11) is -1.24. The van der Waals surface area contributed by atoms with Gasteiger partial charge in [0, 0.05) is 28.9 Å². The topological polar surface area (TPSA) is 101 Å². The quantitative estimate of drug-likeness (QED) is 0.542. The Bertz CT molecular complexity index is 178. The number of rotatable bonds is 6. The molecule has 4 N–H and O–H groups in total. The van der Waals surface area contributed by atoms with E-state index < -0.39 is 22.8 Å². The Morgan fingerprint density at radius 2 is 2.08 bits per heavy atom. The predicted octanol–water partition coefficient (Wildman–Crippen LogP) is -1.05. The largest absolute Gasteiger partial charge is 0.480 e. The molecule has 0 rings (SSSR count). The average Bonchev–Trinajstić information content (AvgIpc) is 2.00. The highest BCUT2D eigenvalue weighted by molar-refractivity contribution is 7.85. The Morgan fingerprint density at radius 1 is 1.54 bits per heavy atom. The number of carboxylic acid groups (broad SMARTS) is 1. The van der Waals surface area contributed by atoms with Gasteiger partial charge in [0.15, 0.2) is 0 Å². The smallest absolute Gasteiger partial charge is 0.321 e. The molecule has 0 amide bonds. The van der Waals surface area contributed by atoms with Gasteiger partial charge in [0.05, 0.1) is 0 Å². The highest BCUT2D eigenvalue weighted by Gasteiger charge is 2.14. The number of carbonyl (C=O) groups is 1. The van der Waals surface area contributed by atoms with E-state index >= 15 is 0 Å². The van der Waals surface area contributed by atoms with E-state index in [9.17, 15) is 9.00 Å². The Hall–Kier alpha value is -0.170. The van der Waals surface area contributed by atoms with E-state index in [0.29, 0.717) is 12.2 Å². The van der Waals surface area contributed by atoms with E-state index in [4.69, 9.17) is 15.9 Å². The van der Waals surface area contributed by atoms with Crippen LogP contribution in [0.4, 0.5) is 0 Å². The predicted molar refractivity (Wildman–Crippen MR) is 52.4 cm³/mol. The first-order valence-electron chi connectivity index (χ1n) is 3.52. The molecule has 0 aromatic carbocycles. The van der Waals surface area contributed by atoms with Crippen molar-refractivity contribution >= 4 is 29.2 Å². The van der Waals surface area contributed by atoms with Crippen molar-refractivity contribution in [3.8, 4) is 0 Å². The fourth-order valence-corrected chi connectivity index (χ4v) is 1.74. The number of hydrogen-bond donors (Lipinski definition) is 3. The van der Waals surface area contributed by atoms with Gasteiger partial charge in [-0.1, -0.05) is 0 Å². The molecule has 5 nitrogen and oxygen atoms in total. The van der Waals surface area contributed by atoms with Crippen LogP contribution in [0.25, 0.3) is 0 Å². The van der Waals surface area contributed by atoms with Crippen LogP contribution in [0.2, 0.25) is 0 Å². The highest BCUT2D eigenvalue weighted by Crippen LogP contribution is 1.90. The molecule has 0 bridgehead atoms. The monoisotopic (exact) mass is 231 g/mol. The van der Waals surface area contributed by atoms with Gasteiger partial charge in [0.25, 0.3) is 0 Å². The van der Waals surface area contributed by atoms with Gasteiger partial charge in [0.1, 0.15) is 6.04 Å². The summed E-state index contributed by atoms with van der Waals surface area (Å²) in [6.07, 6.45) is 0.416. The van der Waals surface area contributed by atoms with Gasteiger partial charge in [-0.05, 0) is 6.42 Å². The SMILES string of the molecule is Cl.N[C@@H](CS(=O)CCCO)C(=O)O. The molecule has 0 aliphatic rings. The zero-order valence-electron chi connectivity index (χ0n) is 7.01. The first kappa shape index (κ1) is 15.3. The lowest BCUT2D eigenvalue weighted by Crippen LogP contribution is -2.36. The number of aliphatic hydroxyl groups is 1. The summed E-state index contributed by atoms with van der Waals surface area (Å²) in [5.74, 6) is -0.889. The van der Waals surface area contributed by atoms with Crippen molar-refractivity contribution in [2.24, 2.45) is 5.73 Å². The number of hydrogen-bond acceptors (Lipinski definition) is 4. The first-order valence-corrected chi connectivity index (χ1v) is 5.01. The molecule has 0 saturated carbocycles. The minimum absolute atomic E-state index is 0. The van der Waals surface area contributed by atoms with Crippen LogP contribution in [-0.2, 0) is 15.6 Å². The second kappa shape index (κ2) is 8.43. The molecule has 0 radical (unpaired) electrons. The van der Waals surface area contributed by atoms with Gasteiger partial charge >= 0.3 is 5.97 Å². The molecule has 7 heteroatoms. The summed E-state index contributed by atoms with van der Waals surface area (Å²) in [5, 5.41) is 16.7. The van der Waals surface area contributed by atoms with Crippen molar-refractivity contribution in [1.29, 1.82) is 0 Å². The maximum absolute atomic E-state index is 11.0. The minimum Gasteiger partial charge on any atom is -0.480 e. The highest BCUT2D eigenvalue weighted by atomic mass is 35.5. The van der Waals surface area contributed by atoms with Crippen LogP contribution in [0.3, 0.4) is 0 Å². The van der Waals surface area contributed by atoms with Gasteiger partial charge < -0.3 is 15.9 Å². The van der Waals surface area contributed by atoms with Crippen molar-refractivity contribution in [2.75, 3.05) is 18.1 Å². The Labute approximate surface area is 85.2 Å². The molecule has 0 heterocycles. The maximum Gasteiger partial charge on any atom is 0.321 e. The average molecular weight is 232 g/mol. The lowest BCUT2D eigenvalue weighted by atomic mass is 10.4. The maximum atomic E-state index is 11.0. The van der Waals surface area contributed by atoms with E-state index in [2.05, 4.69) is 0 Å². The molecule has 0 saturated heterocycles. The van der Waals surface area contributed by atoms with Gasteiger partial charge in [-0.25, -0.2) is 0 Å². The van der Waals surface area contributed by atoms with Crippen molar-refractivity contribution in [2.45, 2.75) is 12.5 Å². The molecule has 1 unspecified atom stereocenters. The van der Waals surface area contributed by atoms with Crippen molar-refractivity contribution < 1.29 is 19.2 Å². The molecule has 13 heavy (non-hydrogen) atoms. The van der Waals surface area contributed by atoms with E-state index in [0.717, 1.165) is 0 Å². The number of aliphatic hydroxyl groups excluding tert-OH is 1. The molecular formula is C6H14ClNO4S. The Kier molecular flexibility index (Phi) is 9.93. The third kappa shape index (κ3) is 8.17. The summed E-state index contributed by atoms with van der Waals surface area (Å²) < 4.78 is 11.0. The Morgan fingerprint density at radius 3 is 2.46 bits per heavy atom. The van der Waals surface area contributed by atoms with Gasteiger partial charge in [-0.15, -0.1) is 12.4 Å². The Balaban J connectivity index is 0. The van der Waals surface area contributed by atoms with Crippen LogP contribution in [0.1, 0.15) is 6.42 Å². The van der Waals surface area contributed by atoms with Crippen LogP contribution >= 0.6 is 12.4 Å². The lowest BCUT2D eigenvalue weighted by Gasteiger charge is -2.04. The zero-order valence-corrected chi connectivity index (χ0v) is 8.64. The summed E-state index contributed by atoms with van der Waals surface area (Å²) in [4.78, 5) is 10.2. The van der Waals surface area contributed by atoms with Crippen molar-refractivity contribution in [1.82, 2.24) is 0 Å². The fraction of sp³-hybridized carbons (Fsp3) is 0.833. The molecule has 0 aromatic heterocycles. The number of halogens is 1. The number of aliphatic carboxylic acids is 1. The van der Waals surface area contributed by atoms with Crippen LogP contribution in [0, 0.1) is 0 Å². The molecule has 0 fully saturated rings. The van der Waals surface area contributed by atoms with Crippen LogP contribution < -0.4 is 5.73 Å². The van der Waals surface area contributed by atoms with E-state index in [1.54, 1.807) is 0 Å². The molecule has 0 spiro atoms. The minimum atomic E-state index is -1.24. The molecule has 80 valence electrons. The normalized spacial score (nSPS) is 14.3. The van der Waals surface area contributed by atoms with Crippen LogP contribution in [-0.4, -0.2) is 44.5 Å². The van der Waals surface area contributed by atoms with Gasteiger partial charge in [-0.2, -0.15) is 0 Å². The van der Waals surface area contributed by atoms with Crippen LogP contribution in [0.15, 0.2) is 0 Å². The van der Waals surface area contributed by atoms with E-state index in [1.165, 1.54) is 0 Å². The van der Waals surface area contributed by atoms with Crippen LogP contribution in [0.5, 0.6) is 0 Å². The zero-order chi connectivity index (χ0) is 9.56. The second-order valence-electron chi connectivity index (χ2n) is 2.33. The van der Waals surface area contributed by atoms with E-state index in [-0.39, 0.29) is 24.8 Å². The molecule has 0 aliphatic heterocycles. The molecule has 0 aromatic rings. The first-order chi connectivity index (χ1) is 5.57. The van der Waals surface area contributed by atoms with Gasteiger partial charge in [-0.3, -0.25) is 9.00 Å². The van der Waals surface area contributed by atoms with Crippen molar-refractivity contribution in [3.63, 3.8) is 0 Å². The molecule has 2 atom stereocenters. The third-order valence-electron chi connectivity index (χ3n) is 1.21. The van der Waals surface area contributed by atoms with E-state index in [1.807, 2.05) is 0 Å². The van der Waals surface area contributed by atoms with Gasteiger partial charge in [0.2, 0.25) is 0 Å². The van der Waals surface area contributed by atoms with Crippen molar-refractivity contribution in [3.05, 3.63) is 0 Å². The summed E-state index contributed by atoms with van der Waals surface area (Å²) in [6.45, 7) is -0.0337. The summed E-state index contributed by atoms with van der Waals surface area (Å²) >= 11 is 0.